The summed E-state index contributed by atoms with van der Waals surface area (Å²) in [7, 11) is 0. The number of benzene rings is 1. The Bertz CT molecular complexity index is 584. The number of hydrogen-bond acceptors (Lipinski definition) is 3. The van der Waals surface area contributed by atoms with Crippen molar-refractivity contribution in [2.24, 2.45) is 11.8 Å². The van der Waals surface area contributed by atoms with Gasteiger partial charge in [0.2, 0.25) is 5.91 Å². The molecular weight excluding hydrogens is 278 g/mol. The largest absolute Gasteiger partial charge is 0.426 e. The van der Waals surface area contributed by atoms with Gasteiger partial charge in [0.1, 0.15) is 5.75 Å². The van der Waals surface area contributed by atoms with Crippen LogP contribution in [0, 0.1) is 25.7 Å². The van der Waals surface area contributed by atoms with Crippen LogP contribution in [0.5, 0.6) is 5.75 Å². The van der Waals surface area contributed by atoms with Gasteiger partial charge in [0, 0.05) is 19.0 Å². The molecule has 1 amide bonds. The number of carbonyl (C=O) groups is 2. The first-order chi connectivity index (χ1) is 10.5. The van der Waals surface area contributed by atoms with E-state index in [9.17, 15) is 9.59 Å². The van der Waals surface area contributed by atoms with Crippen molar-refractivity contribution in [3.05, 3.63) is 29.3 Å². The topological polar surface area (TPSA) is 46.6 Å². The van der Waals surface area contributed by atoms with E-state index in [1.54, 1.807) is 0 Å². The predicted octanol–water partition coefficient (Wildman–Crippen LogP) is 2.86. The molecule has 3 rings (SSSR count). The van der Waals surface area contributed by atoms with Crippen molar-refractivity contribution in [2.75, 3.05) is 13.1 Å². The molecule has 1 saturated heterocycles. The zero-order valence-electron chi connectivity index (χ0n) is 13.3. The van der Waals surface area contributed by atoms with Gasteiger partial charge in [0.15, 0.2) is 0 Å². The van der Waals surface area contributed by atoms with Crippen LogP contribution in [0.4, 0.5) is 0 Å². The molecule has 2 aliphatic rings. The van der Waals surface area contributed by atoms with Gasteiger partial charge in [-0.05, 0) is 51.2 Å². The number of ether oxygens (including phenoxy) is 1. The lowest BCUT2D eigenvalue weighted by Crippen LogP contribution is -2.41. The van der Waals surface area contributed by atoms with Gasteiger partial charge < -0.3 is 9.64 Å². The van der Waals surface area contributed by atoms with E-state index in [-0.39, 0.29) is 23.7 Å². The number of piperidine rings is 1. The molecule has 0 N–H and O–H groups in total. The van der Waals surface area contributed by atoms with Gasteiger partial charge in [-0.1, -0.05) is 17.7 Å². The SMILES string of the molecule is Cc1ccc(OC(=O)C2CCN(C(=O)C3CC3)CC2)c(C)c1. The molecule has 0 spiro atoms. The molecule has 0 radical (unpaired) electrons. The van der Waals surface area contributed by atoms with Crippen LogP contribution in [-0.4, -0.2) is 29.9 Å². The Balaban J connectivity index is 1.54. The average molecular weight is 301 g/mol. The number of carbonyl (C=O) groups excluding carboxylic acids is 2. The van der Waals surface area contributed by atoms with E-state index in [1.165, 1.54) is 0 Å². The molecule has 0 atom stereocenters. The smallest absolute Gasteiger partial charge is 0.314 e. The Morgan fingerprint density at radius 1 is 1.05 bits per heavy atom. The van der Waals surface area contributed by atoms with Crippen LogP contribution < -0.4 is 4.74 Å². The lowest BCUT2D eigenvalue weighted by molar-refractivity contribution is -0.143. The van der Waals surface area contributed by atoms with Crippen LogP contribution in [0.15, 0.2) is 18.2 Å². The molecule has 1 saturated carbocycles. The maximum atomic E-state index is 12.3. The highest BCUT2D eigenvalue weighted by molar-refractivity contribution is 5.81. The van der Waals surface area contributed by atoms with Crippen molar-refractivity contribution in [2.45, 2.75) is 39.5 Å². The average Bonchev–Trinajstić information content (AvgIpc) is 3.34. The fraction of sp³-hybridized carbons (Fsp3) is 0.556. The molecule has 0 bridgehead atoms. The third-order valence-corrected chi connectivity index (χ3v) is 4.61. The van der Waals surface area contributed by atoms with E-state index in [0.29, 0.717) is 31.7 Å². The molecule has 4 nitrogen and oxygen atoms in total. The van der Waals surface area contributed by atoms with Crippen molar-refractivity contribution in [1.82, 2.24) is 4.90 Å². The van der Waals surface area contributed by atoms with Crippen LogP contribution in [0.2, 0.25) is 0 Å². The van der Waals surface area contributed by atoms with Crippen molar-refractivity contribution in [1.29, 1.82) is 0 Å². The van der Waals surface area contributed by atoms with Gasteiger partial charge in [0.25, 0.3) is 0 Å². The summed E-state index contributed by atoms with van der Waals surface area (Å²) < 4.78 is 5.55. The summed E-state index contributed by atoms with van der Waals surface area (Å²) in [4.78, 5) is 26.2. The van der Waals surface area contributed by atoms with Crippen molar-refractivity contribution >= 4 is 11.9 Å². The highest BCUT2D eigenvalue weighted by Crippen LogP contribution is 2.32. The minimum Gasteiger partial charge on any atom is -0.426 e. The zero-order chi connectivity index (χ0) is 15.7. The molecule has 1 aliphatic carbocycles. The first-order valence-corrected chi connectivity index (χ1v) is 8.12. The van der Waals surface area contributed by atoms with Gasteiger partial charge in [-0.15, -0.1) is 0 Å². The minimum absolute atomic E-state index is 0.0936. The highest BCUT2D eigenvalue weighted by atomic mass is 16.5. The van der Waals surface area contributed by atoms with Gasteiger partial charge in [-0.25, -0.2) is 0 Å². The molecule has 4 heteroatoms. The fourth-order valence-corrected chi connectivity index (χ4v) is 3.03. The summed E-state index contributed by atoms with van der Waals surface area (Å²) in [5.74, 6) is 0.932. The first kappa shape index (κ1) is 15.1. The minimum atomic E-state index is -0.162. The second kappa shape index (κ2) is 6.11. The molecule has 1 aromatic rings. The van der Waals surface area contributed by atoms with Gasteiger partial charge in [-0.3, -0.25) is 9.59 Å². The Hall–Kier alpha value is -1.84. The summed E-state index contributed by atoms with van der Waals surface area (Å²) in [5, 5.41) is 0. The number of amides is 1. The molecule has 1 aliphatic heterocycles. The number of esters is 1. The summed E-state index contributed by atoms with van der Waals surface area (Å²) in [6, 6.07) is 5.82. The Kier molecular flexibility index (Phi) is 4.19. The molecule has 0 unspecified atom stereocenters. The van der Waals surface area contributed by atoms with Crippen molar-refractivity contribution < 1.29 is 14.3 Å². The molecule has 2 fully saturated rings. The Morgan fingerprint density at radius 3 is 2.32 bits per heavy atom. The highest BCUT2D eigenvalue weighted by Gasteiger charge is 2.36. The Labute approximate surface area is 131 Å². The second-order valence-electron chi connectivity index (χ2n) is 6.56. The molecule has 1 heterocycles. The van der Waals surface area contributed by atoms with Crippen LogP contribution in [0.3, 0.4) is 0 Å². The van der Waals surface area contributed by atoms with Gasteiger partial charge in [-0.2, -0.15) is 0 Å². The van der Waals surface area contributed by atoms with E-state index in [4.69, 9.17) is 4.74 Å². The first-order valence-electron chi connectivity index (χ1n) is 8.12. The van der Waals surface area contributed by atoms with E-state index < -0.39 is 0 Å². The fourth-order valence-electron chi connectivity index (χ4n) is 3.03. The standard InChI is InChI=1S/C18H23NO3/c1-12-3-6-16(13(2)11-12)22-18(21)15-7-9-19(10-8-15)17(20)14-4-5-14/h3,6,11,14-15H,4-5,7-10H2,1-2H3. The second-order valence-corrected chi connectivity index (χ2v) is 6.56. The maximum absolute atomic E-state index is 12.3. The molecular formula is C18H23NO3. The van der Waals surface area contributed by atoms with Crippen molar-refractivity contribution in [3.63, 3.8) is 0 Å². The molecule has 1 aromatic carbocycles. The normalized spacial score (nSPS) is 19.1. The summed E-state index contributed by atoms with van der Waals surface area (Å²) in [6.45, 7) is 5.34. The third kappa shape index (κ3) is 3.32. The van der Waals surface area contributed by atoms with Crippen molar-refractivity contribution in [3.8, 4) is 5.75 Å². The van der Waals surface area contributed by atoms with Crippen LogP contribution in [0.1, 0.15) is 36.8 Å². The van der Waals surface area contributed by atoms with Gasteiger partial charge >= 0.3 is 5.97 Å². The lowest BCUT2D eigenvalue weighted by Gasteiger charge is -2.31. The lowest BCUT2D eigenvalue weighted by atomic mass is 9.96. The summed E-state index contributed by atoms with van der Waals surface area (Å²) in [6.07, 6.45) is 3.49. The van der Waals surface area contributed by atoms with Crippen LogP contribution >= 0.6 is 0 Å². The zero-order valence-corrected chi connectivity index (χ0v) is 13.3. The number of hydrogen-bond donors (Lipinski definition) is 0. The molecule has 118 valence electrons. The van der Waals surface area contributed by atoms with Gasteiger partial charge in [0.05, 0.1) is 5.92 Å². The number of nitrogens with zero attached hydrogens (tertiary/aromatic N) is 1. The number of likely N-dealkylation sites (tertiary alicyclic amines) is 1. The molecule has 0 aromatic heterocycles. The summed E-state index contributed by atoms with van der Waals surface area (Å²) in [5.41, 5.74) is 2.14. The summed E-state index contributed by atoms with van der Waals surface area (Å²) >= 11 is 0. The number of aryl methyl sites for hydroxylation is 2. The number of rotatable bonds is 3. The maximum Gasteiger partial charge on any atom is 0.314 e. The van der Waals surface area contributed by atoms with E-state index in [1.807, 2.05) is 36.9 Å². The molecule has 22 heavy (non-hydrogen) atoms. The van der Waals surface area contributed by atoms with E-state index in [2.05, 4.69) is 0 Å². The van der Waals surface area contributed by atoms with E-state index >= 15 is 0 Å². The Morgan fingerprint density at radius 2 is 1.73 bits per heavy atom. The van der Waals surface area contributed by atoms with Crippen LogP contribution in [-0.2, 0) is 9.59 Å². The van der Waals surface area contributed by atoms with Crippen LogP contribution in [0.25, 0.3) is 0 Å². The monoisotopic (exact) mass is 301 g/mol. The van der Waals surface area contributed by atoms with E-state index in [0.717, 1.165) is 24.0 Å². The quantitative estimate of drug-likeness (QED) is 0.637. The predicted molar refractivity (Wildman–Crippen MR) is 83.6 cm³/mol. The third-order valence-electron chi connectivity index (χ3n) is 4.61.